The van der Waals surface area contributed by atoms with E-state index >= 15 is 0 Å². The molecule has 0 spiro atoms. The minimum Gasteiger partial charge on any atom is -0.467 e. The highest BCUT2D eigenvalue weighted by atomic mass is 19.4. The summed E-state index contributed by atoms with van der Waals surface area (Å²) in [6.45, 7) is -0.322. The molecule has 0 saturated heterocycles. The van der Waals surface area contributed by atoms with Gasteiger partial charge in [-0.2, -0.15) is 13.2 Å². The second-order valence-electron chi connectivity index (χ2n) is 6.42. The Balaban J connectivity index is 1.66. The number of amides is 1. The fraction of sp³-hybridized carbons (Fsp3) is 0.200. The topological polar surface area (TPSA) is 64.4 Å². The number of hydrogen-bond donors (Lipinski definition) is 0. The standard InChI is InChI=1S/C20H16F3N3O3/c21-20(22,23)19-24-16-7-1-2-8-17(16)26(19)13-18(27)25(11-14-5-3-9-28-14)12-15-6-4-10-29-15/h1-10H,11-13H2. The lowest BCUT2D eigenvalue weighted by Gasteiger charge is -2.22. The van der Waals surface area contributed by atoms with E-state index in [9.17, 15) is 18.0 Å². The highest BCUT2D eigenvalue weighted by Gasteiger charge is 2.38. The van der Waals surface area contributed by atoms with Crippen LogP contribution in [0.3, 0.4) is 0 Å². The van der Waals surface area contributed by atoms with Crippen molar-refractivity contribution in [1.29, 1.82) is 0 Å². The maximum atomic E-state index is 13.5. The molecule has 9 heteroatoms. The van der Waals surface area contributed by atoms with Crippen molar-refractivity contribution in [2.24, 2.45) is 0 Å². The van der Waals surface area contributed by atoms with Crippen LogP contribution in [-0.2, 0) is 30.6 Å². The molecule has 0 N–H and O–H groups in total. The van der Waals surface area contributed by atoms with Crippen molar-refractivity contribution in [2.45, 2.75) is 25.8 Å². The Morgan fingerprint density at radius 2 is 1.59 bits per heavy atom. The molecule has 0 aliphatic rings. The van der Waals surface area contributed by atoms with Crippen LogP contribution in [0.4, 0.5) is 13.2 Å². The molecule has 0 radical (unpaired) electrons. The summed E-state index contributed by atoms with van der Waals surface area (Å²) in [4.78, 5) is 18.1. The van der Waals surface area contributed by atoms with E-state index in [1.807, 2.05) is 0 Å². The molecule has 6 nitrogen and oxygen atoms in total. The van der Waals surface area contributed by atoms with Crippen LogP contribution in [0.25, 0.3) is 11.0 Å². The molecule has 29 heavy (non-hydrogen) atoms. The van der Waals surface area contributed by atoms with E-state index in [1.54, 1.807) is 36.4 Å². The zero-order valence-electron chi connectivity index (χ0n) is 15.1. The van der Waals surface area contributed by atoms with Crippen molar-refractivity contribution in [3.05, 3.63) is 78.4 Å². The Bertz CT molecular complexity index is 1060. The van der Waals surface area contributed by atoms with Gasteiger partial charge >= 0.3 is 6.18 Å². The van der Waals surface area contributed by atoms with Gasteiger partial charge < -0.3 is 18.3 Å². The van der Waals surface area contributed by atoms with Gasteiger partial charge in [0.15, 0.2) is 0 Å². The molecule has 0 bridgehead atoms. The molecule has 0 saturated carbocycles. The van der Waals surface area contributed by atoms with Gasteiger partial charge in [0.1, 0.15) is 18.1 Å². The van der Waals surface area contributed by atoms with E-state index in [1.165, 1.54) is 29.6 Å². The second-order valence-corrected chi connectivity index (χ2v) is 6.42. The predicted molar refractivity (Wildman–Crippen MR) is 96.4 cm³/mol. The Labute approximate surface area is 163 Å². The predicted octanol–water partition coefficient (Wildman–Crippen LogP) is 4.47. The van der Waals surface area contributed by atoms with Gasteiger partial charge in [-0.3, -0.25) is 4.79 Å². The fourth-order valence-electron chi connectivity index (χ4n) is 3.10. The Hall–Kier alpha value is -3.49. The Morgan fingerprint density at radius 1 is 0.966 bits per heavy atom. The first-order chi connectivity index (χ1) is 13.9. The van der Waals surface area contributed by atoms with E-state index in [4.69, 9.17) is 8.83 Å². The molecule has 0 aliphatic carbocycles. The van der Waals surface area contributed by atoms with Crippen molar-refractivity contribution in [3.63, 3.8) is 0 Å². The van der Waals surface area contributed by atoms with Gasteiger partial charge in [-0.25, -0.2) is 4.98 Å². The highest BCUT2D eigenvalue weighted by Crippen LogP contribution is 2.31. The molecule has 4 rings (SSSR count). The van der Waals surface area contributed by atoms with Crippen LogP contribution in [0.15, 0.2) is 69.9 Å². The number of para-hydroxylation sites is 2. The van der Waals surface area contributed by atoms with Crippen LogP contribution in [0.5, 0.6) is 0 Å². The first-order valence-electron chi connectivity index (χ1n) is 8.77. The van der Waals surface area contributed by atoms with E-state index in [0.29, 0.717) is 11.5 Å². The summed E-state index contributed by atoms with van der Waals surface area (Å²) in [7, 11) is 0. The van der Waals surface area contributed by atoms with Gasteiger partial charge in [0.05, 0.1) is 36.6 Å². The number of furan rings is 2. The third kappa shape index (κ3) is 4.03. The number of aromatic nitrogens is 2. The lowest BCUT2D eigenvalue weighted by atomic mass is 10.3. The number of rotatable bonds is 6. The lowest BCUT2D eigenvalue weighted by Crippen LogP contribution is -2.33. The van der Waals surface area contributed by atoms with Crippen LogP contribution in [-0.4, -0.2) is 20.4 Å². The van der Waals surface area contributed by atoms with Gasteiger partial charge in [-0.05, 0) is 36.4 Å². The van der Waals surface area contributed by atoms with E-state index < -0.39 is 24.5 Å². The number of hydrogen-bond acceptors (Lipinski definition) is 4. The minimum absolute atomic E-state index is 0.0977. The van der Waals surface area contributed by atoms with Crippen LogP contribution >= 0.6 is 0 Å². The third-order valence-corrected chi connectivity index (χ3v) is 4.41. The van der Waals surface area contributed by atoms with Crippen LogP contribution in [0.2, 0.25) is 0 Å². The number of benzene rings is 1. The fourth-order valence-corrected chi connectivity index (χ4v) is 3.10. The summed E-state index contributed by atoms with van der Waals surface area (Å²) in [5, 5.41) is 0. The molecule has 0 atom stereocenters. The molecular weight excluding hydrogens is 387 g/mol. The molecule has 0 aliphatic heterocycles. The number of carbonyl (C=O) groups excluding carboxylic acids is 1. The first kappa shape index (κ1) is 18.9. The third-order valence-electron chi connectivity index (χ3n) is 4.41. The highest BCUT2D eigenvalue weighted by molar-refractivity contribution is 5.81. The van der Waals surface area contributed by atoms with Gasteiger partial charge in [0.2, 0.25) is 11.7 Å². The van der Waals surface area contributed by atoms with Gasteiger partial charge in [0, 0.05) is 0 Å². The number of carbonyl (C=O) groups is 1. The first-order valence-corrected chi connectivity index (χ1v) is 8.77. The summed E-state index contributed by atoms with van der Waals surface area (Å²) in [5.74, 6) is -0.609. The largest absolute Gasteiger partial charge is 0.467 e. The van der Waals surface area contributed by atoms with Crippen molar-refractivity contribution < 1.29 is 26.8 Å². The van der Waals surface area contributed by atoms with Crippen LogP contribution in [0, 0.1) is 0 Å². The molecule has 0 fully saturated rings. The Morgan fingerprint density at radius 3 is 2.14 bits per heavy atom. The molecule has 3 heterocycles. The monoisotopic (exact) mass is 403 g/mol. The zero-order valence-corrected chi connectivity index (χ0v) is 15.1. The average molecular weight is 403 g/mol. The zero-order chi connectivity index (χ0) is 20.4. The molecule has 0 unspecified atom stereocenters. The summed E-state index contributed by atoms with van der Waals surface area (Å²) in [6.07, 6.45) is -1.75. The molecular formula is C20H16F3N3O3. The SMILES string of the molecule is O=C(Cn1c(C(F)(F)F)nc2ccccc21)N(Cc1ccco1)Cc1ccco1. The average Bonchev–Trinajstić information content (AvgIpc) is 3.42. The molecule has 4 aromatic rings. The Kier molecular flexibility index (Phi) is 4.87. The van der Waals surface area contributed by atoms with Crippen LogP contribution < -0.4 is 0 Å². The summed E-state index contributed by atoms with van der Waals surface area (Å²) < 4.78 is 52.0. The van der Waals surface area contributed by atoms with Crippen molar-refractivity contribution in [2.75, 3.05) is 0 Å². The molecule has 1 amide bonds. The number of fused-ring (bicyclic) bond motifs is 1. The smallest absolute Gasteiger partial charge is 0.449 e. The number of imidazole rings is 1. The quantitative estimate of drug-likeness (QED) is 0.477. The van der Waals surface area contributed by atoms with E-state index in [0.717, 1.165) is 4.57 Å². The minimum atomic E-state index is -4.69. The number of halogens is 3. The van der Waals surface area contributed by atoms with Gasteiger partial charge in [0.25, 0.3) is 0 Å². The van der Waals surface area contributed by atoms with Crippen molar-refractivity contribution in [3.8, 4) is 0 Å². The summed E-state index contributed by atoms with van der Waals surface area (Å²) in [5.41, 5.74) is 0.417. The van der Waals surface area contributed by atoms with Crippen molar-refractivity contribution >= 4 is 16.9 Å². The number of alkyl halides is 3. The van der Waals surface area contributed by atoms with Gasteiger partial charge in [-0.1, -0.05) is 12.1 Å². The lowest BCUT2D eigenvalue weighted by molar-refractivity contribution is -0.148. The second kappa shape index (κ2) is 7.50. The molecule has 150 valence electrons. The maximum Gasteiger partial charge on any atom is 0.449 e. The molecule has 3 aromatic heterocycles. The summed E-state index contributed by atoms with van der Waals surface area (Å²) in [6, 6.07) is 12.9. The number of nitrogens with zero attached hydrogens (tertiary/aromatic N) is 3. The van der Waals surface area contributed by atoms with E-state index in [-0.39, 0.29) is 24.1 Å². The maximum absolute atomic E-state index is 13.5. The van der Waals surface area contributed by atoms with Crippen LogP contribution in [0.1, 0.15) is 17.3 Å². The van der Waals surface area contributed by atoms with Crippen molar-refractivity contribution in [1.82, 2.24) is 14.5 Å². The summed E-state index contributed by atoms with van der Waals surface area (Å²) >= 11 is 0. The van der Waals surface area contributed by atoms with E-state index in [2.05, 4.69) is 4.98 Å². The molecule has 1 aromatic carbocycles. The van der Waals surface area contributed by atoms with Gasteiger partial charge in [-0.15, -0.1) is 0 Å². The normalized spacial score (nSPS) is 11.8.